The molecular formula is C12H18O4. The average Bonchev–Trinajstić information content (AvgIpc) is 2.29. The number of unbranched alkanes of at least 4 members (excludes halogenated alkanes) is 1. The molecule has 90 valence electrons. The van der Waals surface area contributed by atoms with Gasteiger partial charge in [-0.3, -0.25) is 9.59 Å². The van der Waals surface area contributed by atoms with Gasteiger partial charge >= 0.3 is 0 Å². The maximum absolute atomic E-state index is 11.7. The molecule has 0 aliphatic rings. The molecule has 0 bridgehead atoms. The van der Waals surface area contributed by atoms with Crippen molar-refractivity contribution in [2.45, 2.75) is 39.5 Å². The standard InChI is InChI=1S/C12H18O4/c1-3-10(9(2)8-14)12(16)11(15)6-4-5-7-13/h7-10H,3-6H2,1-2H3. The SMILES string of the molecule is CCC(C(=O)C(=O)CCCC=O)C(C)C=O. The van der Waals surface area contributed by atoms with Crippen molar-refractivity contribution < 1.29 is 19.2 Å². The number of rotatable bonds is 9. The van der Waals surface area contributed by atoms with Gasteiger partial charge in [-0.1, -0.05) is 13.8 Å². The van der Waals surface area contributed by atoms with Gasteiger partial charge in [0, 0.05) is 24.7 Å². The lowest BCUT2D eigenvalue weighted by atomic mass is 9.86. The molecule has 0 saturated carbocycles. The number of aldehydes is 2. The van der Waals surface area contributed by atoms with E-state index in [1.165, 1.54) is 0 Å². The summed E-state index contributed by atoms with van der Waals surface area (Å²) in [6, 6.07) is 0. The van der Waals surface area contributed by atoms with Crippen LogP contribution in [0.2, 0.25) is 0 Å². The van der Waals surface area contributed by atoms with E-state index in [-0.39, 0.29) is 6.42 Å². The summed E-state index contributed by atoms with van der Waals surface area (Å²) in [6.45, 7) is 3.42. The second-order valence-corrected chi connectivity index (χ2v) is 3.86. The molecule has 0 radical (unpaired) electrons. The molecule has 0 aliphatic carbocycles. The zero-order valence-corrected chi connectivity index (χ0v) is 9.77. The molecular weight excluding hydrogens is 208 g/mol. The quantitative estimate of drug-likeness (QED) is 0.338. The highest BCUT2D eigenvalue weighted by Crippen LogP contribution is 2.16. The Balaban J connectivity index is 4.33. The van der Waals surface area contributed by atoms with E-state index in [2.05, 4.69) is 0 Å². The fraction of sp³-hybridized carbons (Fsp3) is 0.667. The second-order valence-electron chi connectivity index (χ2n) is 3.86. The van der Waals surface area contributed by atoms with Crippen molar-refractivity contribution in [2.24, 2.45) is 11.8 Å². The van der Waals surface area contributed by atoms with Crippen molar-refractivity contribution in [1.82, 2.24) is 0 Å². The first kappa shape index (κ1) is 14.7. The van der Waals surface area contributed by atoms with E-state index in [1.54, 1.807) is 13.8 Å². The molecule has 0 aliphatic heterocycles. The minimum absolute atomic E-state index is 0.0969. The fourth-order valence-electron chi connectivity index (χ4n) is 1.57. The van der Waals surface area contributed by atoms with Crippen LogP contribution in [0.5, 0.6) is 0 Å². The number of ketones is 2. The maximum atomic E-state index is 11.7. The molecule has 16 heavy (non-hydrogen) atoms. The van der Waals surface area contributed by atoms with Crippen LogP contribution in [-0.2, 0) is 19.2 Å². The first-order valence-corrected chi connectivity index (χ1v) is 5.54. The van der Waals surface area contributed by atoms with Crippen molar-refractivity contribution >= 4 is 24.1 Å². The highest BCUT2D eigenvalue weighted by Gasteiger charge is 2.27. The van der Waals surface area contributed by atoms with Crippen LogP contribution in [0.25, 0.3) is 0 Å². The van der Waals surface area contributed by atoms with Crippen molar-refractivity contribution in [3.63, 3.8) is 0 Å². The zero-order chi connectivity index (χ0) is 12.6. The molecule has 0 rings (SSSR count). The van der Waals surface area contributed by atoms with Crippen LogP contribution >= 0.6 is 0 Å². The molecule has 0 saturated heterocycles. The van der Waals surface area contributed by atoms with Crippen molar-refractivity contribution in [3.05, 3.63) is 0 Å². The first-order valence-electron chi connectivity index (χ1n) is 5.54. The van der Waals surface area contributed by atoms with Crippen LogP contribution in [0.15, 0.2) is 0 Å². The smallest absolute Gasteiger partial charge is 0.202 e. The topological polar surface area (TPSA) is 68.3 Å². The molecule has 4 heteroatoms. The van der Waals surface area contributed by atoms with Gasteiger partial charge in [0.15, 0.2) is 5.78 Å². The van der Waals surface area contributed by atoms with Gasteiger partial charge in [0.1, 0.15) is 12.6 Å². The van der Waals surface area contributed by atoms with Crippen LogP contribution in [0, 0.1) is 11.8 Å². The summed E-state index contributed by atoms with van der Waals surface area (Å²) in [5.74, 6) is -1.89. The van der Waals surface area contributed by atoms with E-state index >= 15 is 0 Å². The lowest BCUT2D eigenvalue weighted by Gasteiger charge is -2.15. The van der Waals surface area contributed by atoms with E-state index in [4.69, 9.17) is 0 Å². The fourth-order valence-corrected chi connectivity index (χ4v) is 1.57. The maximum Gasteiger partial charge on any atom is 0.202 e. The third kappa shape index (κ3) is 4.47. The summed E-state index contributed by atoms with van der Waals surface area (Å²) >= 11 is 0. The van der Waals surface area contributed by atoms with Gasteiger partial charge in [0.05, 0.1) is 0 Å². The lowest BCUT2D eigenvalue weighted by molar-refractivity contribution is -0.140. The Bertz CT molecular complexity index is 270. The summed E-state index contributed by atoms with van der Waals surface area (Å²) in [6.07, 6.45) is 2.70. The molecule has 4 nitrogen and oxygen atoms in total. The Kier molecular flexibility index (Phi) is 7.25. The predicted octanol–water partition coefficient (Wildman–Crippen LogP) is 1.35. The van der Waals surface area contributed by atoms with Crippen LogP contribution in [0.3, 0.4) is 0 Å². The second kappa shape index (κ2) is 7.91. The van der Waals surface area contributed by atoms with Crippen molar-refractivity contribution in [2.75, 3.05) is 0 Å². The van der Waals surface area contributed by atoms with Gasteiger partial charge in [-0.15, -0.1) is 0 Å². The van der Waals surface area contributed by atoms with E-state index < -0.39 is 23.4 Å². The number of Topliss-reactive ketones (excluding diaryl/α,β-unsaturated/α-hetero) is 2. The molecule has 0 aromatic carbocycles. The largest absolute Gasteiger partial charge is 0.303 e. The summed E-state index contributed by atoms with van der Waals surface area (Å²) in [4.78, 5) is 43.8. The van der Waals surface area contributed by atoms with E-state index in [9.17, 15) is 19.2 Å². The van der Waals surface area contributed by atoms with Gasteiger partial charge in [-0.25, -0.2) is 0 Å². The van der Waals surface area contributed by atoms with Crippen LogP contribution in [-0.4, -0.2) is 24.1 Å². The summed E-state index contributed by atoms with van der Waals surface area (Å²) in [5.41, 5.74) is 0. The summed E-state index contributed by atoms with van der Waals surface area (Å²) in [7, 11) is 0. The number of hydrogen-bond donors (Lipinski definition) is 0. The first-order chi connectivity index (χ1) is 7.58. The Hall–Kier alpha value is -1.32. The third-order valence-electron chi connectivity index (χ3n) is 2.63. The molecule has 2 atom stereocenters. The van der Waals surface area contributed by atoms with Crippen LogP contribution in [0.4, 0.5) is 0 Å². The predicted molar refractivity (Wildman–Crippen MR) is 58.9 cm³/mol. The van der Waals surface area contributed by atoms with Gasteiger partial charge in [0.2, 0.25) is 5.78 Å². The summed E-state index contributed by atoms with van der Waals surface area (Å²) in [5, 5.41) is 0. The Labute approximate surface area is 95.4 Å². The molecule has 0 aromatic heterocycles. The molecule has 0 heterocycles. The molecule has 0 spiro atoms. The number of carbonyl (C=O) groups excluding carboxylic acids is 4. The van der Waals surface area contributed by atoms with Crippen molar-refractivity contribution in [1.29, 1.82) is 0 Å². The van der Waals surface area contributed by atoms with E-state index in [0.717, 1.165) is 6.29 Å². The average molecular weight is 226 g/mol. The van der Waals surface area contributed by atoms with E-state index in [1.807, 2.05) is 0 Å². The van der Waals surface area contributed by atoms with Gasteiger partial charge < -0.3 is 9.59 Å². The zero-order valence-electron chi connectivity index (χ0n) is 9.77. The molecule has 0 fully saturated rings. The number of carbonyl (C=O) groups is 4. The molecule has 0 aromatic rings. The Morgan fingerprint density at radius 3 is 2.31 bits per heavy atom. The van der Waals surface area contributed by atoms with Crippen LogP contribution < -0.4 is 0 Å². The van der Waals surface area contributed by atoms with Gasteiger partial charge in [0.25, 0.3) is 0 Å². The summed E-state index contributed by atoms with van der Waals surface area (Å²) < 4.78 is 0. The number of hydrogen-bond acceptors (Lipinski definition) is 4. The molecule has 0 N–H and O–H groups in total. The lowest BCUT2D eigenvalue weighted by Crippen LogP contribution is -2.29. The normalized spacial score (nSPS) is 13.9. The monoisotopic (exact) mass is 226 g/mol. The third-order valence-corrected chi connectivity index (χ3v) is 2.63. The highest BCUT2D eigenvalue weighted by atomic mass is 16.2. The van der Waals surface area contributed by atoms with Gasteiger partial charge in [-0.05, 0) is 12.8 Å². The Morgan fingerprint density at radius 2 is 1.88 bits per heavy atom. The van der Waals surface area contributed by atoms with Crippen LogP contribution in [0.1, 0.15) is 39.5 Å². The van der Waals surface area contributed by atoms with E-state index in [0.29, 0.717) is 25.5 Å². The minimum Gasteiger partial charge on any atom is -0.303 e. The molecule has 2 unspecified atom stereocenters. The van der Waals surface area contributed by atoms with Crippen molar-refractivity contribution in [3.8, 4) is 0 Å². The molecule has 0 amide bonds. The van der Waals surface area contributed by atoms with Gasteiger partial charge in [-0.2, -0.15) is 0 Å². The minimum atomic E-state index is -0.513. The highest BCUT2D eigenvalue weighted by molar-refractivity contribution is 6.38. The Morgan fingerprint density at radius 1 is 1.25 bits per heavy atom.